The van der Waals surface area contributed by atoms with Gasteiger partial charge in [0.2, 0.25) is 5.91 Å². The number of hydrazine groups is 1. The smallest absolute Gasteiger partial charge is 0.324 e. The molecule has 0 aliphatic carbocycles. The lowest BCUT2D eigenvalue weighted by molar-refractivity contribution is -0.174. The van der Waals surface area contributed by atoms with E-state index in [9.17, 15) is 19.2 Å². The number of carbonyl (C=O) groups excluding carboxylic acids is 4. The molecule has 3 aromatic heterocycles. The number of fused-ring (bicyclic) bond motifs is 6. The maximum Gasteiger partial charge on any atom is 0.324 e. The van der Waals surface area contributed by atoms with Gasteiger partial charge in [-0.2, -0.15) is 0 Å². The fourth-order valence-electron chi connectivity index (χ4n) is 9.53. The predicted molar refractivity (Wildman–Crippen MR) is 236 cm³/mol. The minimum Gasteiger partial charge on any atom is -0.464 e. The molecule has 4 amide bonds. The van der Waals surface area contributed by atoms with Gasteiger partial charge in [0.05, 0.1) is 53.6 Å². The molecule has 4 aliphatic rings. The summed E-state index contributed by atoms with van der Waals surface area (Å²) in [5, 5.41) is 8.20. The number of hydrogen-bond acceptors (Lipinski definition) is 11. The first-order chi connectivity index (χ1) is 29.6. The standard InChI is InChI=1S/C46H60N8O7S/c1-9-52-36-15-14-29-20-31(36)32(40(52)30-12-10-17-47-38(30)28(4)59-8)22-45(5,6)24-61-43(57)33-13-11-18-54(50-33)42(56)34(21-37-48-35(29)23-62-37)49-41(55)39(27(2)3)51(7)44(58)53-19-16-46(53)25-60-26-46/h10,12,14-15,17,20,23,27-28,33-34,39,50H,9,11,13,16,18-19,21-22,24-26H2,1-8H3,(H,49,55)/t28-,33-,34-,39-/m0/s1. The molecule has 332 valence electrons. The van der Waals surface area contributed by atoms with Crippen molar-refractivity contribution in [2.75, 3.05) is 47.1 Å². The molecular weight excluding hydrogens is 809 g/mol. The number of hydrogen-bond donors (Lipinski definition) is 2. The minimum absolute atomic E-state index is 0.108. The molecule has 1 spiro atoms. The van der Waals surface area contributed by atoms with Crippen LogP contribution in [0.2, 0.25) is 0 Å². The van der Waals surface area contributed by atoms with E-state index >= 15 is 0 Å². The molecule has 2 N–H and O–H groups in total. The molecule has 3 saturated heterocycles. The van der Waals surface area contributed by atoms with Gasteiger partial charge in [0.25, 0.3) is 5.91 Å². The van der Waals surface area contributed by atoms with Crippen molar-refractivity contribution in [3.8, 4) is 22.5 Å². The largest absolute Gasteiger partial charge is 0.464 e. The highest BCUT2D eigenvalue weighted by Crippen LogP contribution is 2.42. The van der Waals surface area contributed by atoms with E-state index in [4.69, 9.17) is 24.2 Å². The third-order valence-electron chi connectivity index (χ3n) is 13.1. The Morgan fingerprint density at radius 2 is 1.92 bits per heavy atom. The van der Waals surface area contributed by atoms with Gasteiger partial charge in [-0.25, -0.2) is 15.2 Å². The summed E-state index contributed by atoms with van der Waals surface area (Å²) in [4.78, 5) is 69.8. The van der Waals surface area contributed by atoms with Gasteiger partial charge in [-0.1, -0.05) is 33.8 Å². The van der Waals surface area contributed by atoms with E-state index in [0.29, 0.717) is 57.1 Å². The number of carbonyl (C=O) groups is 4. The Bertz CT molecular complexity index is 2350. The summed E-state index contributed by atoms with van der Waals surface area (Å²) in [6.07, 6.45) is 4.16. The average Bonchev–Trinajstić information content (AvgIpc) is 3.82. The molecule has 4 aliphatic heterocycles. The van der Waals surface area contributed by atoms with Crippen LogP contribution >= 0.6 is 11.3 Å². The zero-order valence-corrected chi connectivity index (χ0v) is 38.0. The van der Waals surface area contributed by atoms with Crippen LogP contribution in [0.3, 0.4) is 0 Å². The monoisotopic (exact) mass is 868 g/mol. The van der Waals surface area contributed by atoms with Gasteiger partial charge >= 0.3 is 12.0 Å². The molecule has 4 aromatic rings. The fraction of sp³-hybridized carbons (Fsp3) is 0.565. The van der Waals surface area contributed by atoms with Gasteiger partial charge in [-0.05, 0) is 75.3 Å². The first-order valence-electron chi connectivity index (χ1n) is 21.9. The molecule has 62 heavy (non-hydrogen) atoms. The van der Waals surface area contributed by atoms with E-state index in [1.807, 2.05) is 32.2 Å². The van der Waals surface area contributed by atoms with E-state index in [1.54, 1.807) is 25.3 Å². The molecular formula is C46H60N8O7S. The quantitative estimate of drug-likeness (QED) is 0.209. The number of aromatic nitrogens is 3. The van der Waals surface area contributed by atoms with Gasteiger partial charge < -0.3 is 33.9 Å². The summed E-state index contributed by atoms with van der Waals surface area (Å²) in [6.45, 7) is 14.9. The number of rotatable bonds is 8. The van der Waals surface area contributed by atoms with Crippen LogP contribution < -0.4 is 10.7 Å². The van der Waals surface area contributed by atoms with E-state index in [1.165, 1.54) is 21.2 Å². The lowest BCUT2D eigenvalue weighted by atomic mass is 9.83. The van der Waals surface area contributed by atoms with Crippen LogP contribution in [0.25, 0.3) is 33.4 Å². The molecule has 3 fully saturated rings. The van der Waals surface area contributed by atoms with Crippen LogP contribution in [0, 0.1) is 11.3 Å². The normalized spacial score (nSPS) is 22.1. The summed E-state index contributed by atoms with van der Waals surface area (Å²) in [6, 6.07) is 7.57. The van der Waals surface area contributed by atoms with Crippen LogP contribution in [0.15, 0.2) is 41.9 Å². The summed E-state index contributed by atoms with van der Waals surface area (Å²) in [5.74, 6) is -1.53. The third-order valence-corrected chi connectivity index (χ3v) is 14.0. The number of urea groups is 1. The molecule has 0 unspecified atom stereocenters. The first-order valence-corrected chi connectivity index (χ1v) is 22.8. The summed E-state index contributed by atoms with van der Waals surface area (Å²) in [5.41, 5.74) is 9.09. The molecule has 16 heteroatoms. The second-order valence-electron chi connectivity index (χ2n) is 18.5. The Hall–Kier alpha value is -4.90. The lowest BCUT2D eigenvalue weighted by Gasteiger charge is -2.58. The molecule has 6 bridgehead atoms. The maximum absolute atomic E-state index is 14.6. The Morgan fingerprint density at radius 3 is 2.60 bits per heavy atom. The van der Waals surface area contributed by atoms with Crippen molar-refractivity contribution in [1.82, 2.24) is 40.1 Å². The lowest BCUT2D eigenvalue weighted by Crippen LogP contribution is -2.74. The number of benzene rings is 1. The Balaban J connectivity index is 1.18. The zero-order valence-electron chi connectivity index (χ0n) is 37.2. The molecule has 0 saturated carbocycles. The van der Waals surface area contributed by atoms with Crippen molar-refractivity contribution < 1.29 is 33.4 Å². The fourth-order valence-corrected chi connectivity index (χ4v) is 10.4. The first kappa shape index (κ1) is 43.7. The zero-order chi connectivity index (χ0) is 44.1. The van der Waals surface area contributed by atoms with E-state index in [2.05, 4.69) is 60.3 Å². The number of ether oxygens (including phenoxy) is 3. The predicted octanol–water partition coefficient (Wildman–Crippen LogP) is 5.75. The third kappa shape index (κ3) is 8.10. The van der Waals surface area contributed by atoms with E-state index in [-0.39, 0.29) is 36.6 Å². The topological polar surface area (TPSA) is 160 Å². The van der Waals surface area contributed by atoms with E-state index in [0.717, 1.165) is 51.1 Å². The highest BCUT2D eigenvalue weighted by atomic mass is 32.1. The molecule has 15 nitrogen and oxygen atoms in total. The van der Waals surface area contributed by atoms with Crippen molar-refractivity contribution in [2.24, 2.45) is 11.3 Å². The number of aryl methyl sites for hydroxylation is 1. The number of nitrogens with zero attached hydrogens (tertiary/aromatic N) is 6. The number of likely N-dealkylation sites (tertiary alicyclic amines) is 1. The molecule has 4 atom stereocenters. The van der Waals surface area contributed by atoms with Crippen molar-refractivity contribution >= 4 is 46.1 Å². The highest BCUT2D eigenvalue weighted by Gasteiger charge is 2.54. The number of cyclic esters (lactones) is 1. The number of likely N-dealkylation sites (N-methyl/N-ethyl adjacent to an activating group) is 1. The molecule has 8 rings (SSSR count). The molecule has 1 aromatic carbocycles. The Labute approximate surface area is 367 Å². The number of esters is 1. The van der Waals surface area contributed by atoms with E-state index < -0.39 is 41.3 Å². The number of thiazole rings is 1. The summed E-state index contributed by atoms with van der Waals surface area (Å²) < 4.78 is 19.7. The SMILES string of the molecule is CCn1c(-c2cccnc2[C@H](C)OC)c2c3cc(ccc31)-c1csc(n1)C[C@H](NC(=O)[C@H](C(C)C)N(C)C(=O)N1CCC13COC3)C(=O)N1CCC[C@H](N1)C(=O)OCC(C)(C)C2. The number of pyridine rings is 1. The van der Waals surface area contributed by atoms with Gasteiger partial charge in [0.1, 0.15) is 18.1 Å². The van der Waals surface area contributed by atoms with Crippen LogP contribution in [-0.4, -0.2) is 124 Å². The van der Waals surface area contributed by atoms with Crippen molar-refractivity contribution in [3.05, 3.63) is 58.2 Å². The number of nitrogens with one attached hydrogen (secondary N) is 2. The van der Waals surface area contributed by atoms with Gasteiger partial charge in [-0.3, -0.25) is 24.4 Å². The van der Waals surface area contributed by atoms with Gasteiger partial charge in [0, 0.05) is 79.2 Å². The van der Waals surface area contributed by atoms with Gasteiger partial charge in [-0.15, -0.1) is 11.3 Å². The van der Waals surface area contributed by atoms with Crippen molar-refractivity contribution in [2.45, 2.75) is 110 Å². The van der Waals surface area contributed by atoms with Crippen LogP contribution in [0.1, 0.15) is 83.2 Å². The minimum atomic E-state index is -1.04. The van der Waals surface area contributed by atoms with Gasteiger partial charge in [0.15, 0.2) is 0 Å². The summed E-state index contributed by atoms with van der Waals surface area (Å²) >= 11 is 1.43. The van der Waals surface area contributed by atoms with Crippen LogP contribution in [0.4, 0.5) is 4.79 Å². The Kier molecular flexibility index (Phi) is 12.2. The van der Waals surface area contributed by atoms with Crippen LogP contribution in [-0.2, 0) is 48.0 Å². The molecule has 0 radical (unpaired) electrons. The molecule has 7 heterocycles. The maximum atomic E-state index is 14.6. The number of methoxy groups -OCH3 is 1. The number of amides is 4. The second-order valence-corrected chi connectivity index (χ2v) is 19.4. The van der Waals surface area contributed by atoms with Crippen molar-refractivity contribution in [3.63, 3.8) is 0 Å². The Morgan fingerprint density at radius 1 is 1.13 bits per heavy atom. The second kappa shape index (κ2) is 17.3. The average molecular weight is 869 g/mol. The van der Waals surface area contributed by atoms with Crippen LogP contribution in [0.5, 0.6) is 0 Å². The summed E-state index contributed by atoms with van der Waals surface area (Å²) in [7, 11) is 3.34. The van der Waals surface area contributed by atoms with Crippen molar-refractivity contribution in [1.29, 1.82) is 0 Å². The highest BCUT2D eigenvalue weighted by molar-refractivity contribution is 7.10.